The van der Waals surface area contributed by atoms with Crippen LogP contribution in [0.3, 0.4) is 0 Å². The zero-order valence-electron chi connectivity index (χ0n) is 6.53. The van der Waals surface area contributed by atoms with Gasteiger partial charge in [0.25, 0.3) is 0 Å². The Morgan fingerprint density at radius 2 is 1.54 bits per heavy atom. The Kier molecular flexibility index (Phi) is 8.75. The van der Waals surface area contributed by atoms with Gasteiger partial charge in [0, 0.05) is 35.6 Å². The third-order valence-corrected chi connectivity index (χ3v) is 1.07. The summed E-state index contributed by atoms with van der Waals surface area (Å²) in [5.74, 6) is -2.76. The summed E-state index contributed by atoms with van der Waals surface area (Å²) < 4.78 is 36.7. The van der Waals surface area contributed by atoms with E-state index in [0.29, 0.717) is 0 Å². The maximum atomic E-state index is 10.6. The van der Waals surface area contributed by atoms with Gasteiger partial charge in [-0.2, -0.15) is 13.2 Å². The molecule has 0 atom stereocenters. The molecule has 0 aliphatic carbocycles. The van der Waals surface area contributed by atoms with E-state index in [0.717, 1.165) is 13.2 Å². The molecular weight excluding hydrogens is 285 g/mol. The van der Waals surface area contributed by atoms with Crippen molar-refractivity contribution in [1.82, 2.24) is 0 Å². The largest absolute Gasteiger partial charge is 0.490 e. The van der Waals surface area contributed by atoms with Gasteiger partial charge in [-0.05, 0) is 12.8 Å². The molecule has 0 spiro atoms. The molecule has 1 fully saturated rings. The molecule has 1 aliphatic heterocycles. The standard InChI is InChI=1S/C4H8O.C2HF3O2.Ag/c1-2-4-5-3-1;3-2(4,5)1(6)7;/h1-4H2;(H,6,7);. The fourth-order valence-electron chi connectivity index (χ4n) is 0.510. The van der Waals surface area contributed by atoms with Crippen LogP contribution in [0.4, 0.5) is 13.2 Å². The van der Waals surface area contributed by atoms with Crippen molar-refractivity contribution in [2.45, 2.75) is 19.0 Å². The molecule has 0 bridgehead atoms. The quantitative estimate of drug-likeness (QED) is 0.687. The maximum absolute atomic E-state index is 10.6. The van der Waals surface area contributed by atoms with Gasteiger partial charge in [-0.25, -0.2) is 4.79 Å². The van der Waals surface area contributed by atoms with Gasteiger partial charge in [-0.15, -0.1) is 0 Å². The summed E-state index contributed by atoms with van der Waals surface area (Å²) in [5.41, 5.74) is 0. The van der Waals surface area contributed by atoms with E-state index in [9.17, 15) is 13.2 Å². The van der Waals surface area contributed by atoms with Crippen molar-refractivity contribution in [3.05, 3.63) is 0 Å². The van der Waals surface area contributed by atoms with Crippen LogP contribution >= 0.6 is 0 Å². The third kappa shape index (κ3) is 9.88. The van der Waals surface area contributed by atoms with Crippen LogP contribution in [0.25, 0.3) is 0 Å². The minimum absolute atomic E-state index is 0. The van der Waals surface area contributed by atoms with E-state index in [-0.39, 0.29) is 22.4 Å². The molecule has 0 aromatic heterocycles. The van der Waals surface area contributed by atoms with Crippen LogP contribution in [-0.2, 0) is 31.9 Å². The van der Waals surface area contributed by atoms with Crippen LogP contribution in [0, 0.1) is 0 Å². The van der Waals surface area contributed by atoms with E-state index in [1.54, 1.807) is 0 Å². The van der Waals surface area contributed by atoms with Crippen molar-refractivity contribution in [3.63, 3.8) is 0 Å². The fraction of sp³-hybridized carbons (Fsp3) is 0.833. The van der Waals surface area contributed by atoms with Crippen LogP contribution in [0.5, 0.6) is 0 Å². The van der Waals surface area contributed by atoms with Gasteiger partial charge in [0.1, 0.15) is 0 Å². The zero-order chi connectivity index (χ0) is 9.61. The Bertz CT molecular complexity index is 137. The second kappa shape index (κ2) is 7.37. The molecule has 1 radical (unpaired) electrons. The molecule has 1 rings (SSSR count). The summed E-state index contributed by atoms with van der Waals surface area (Å²) >= 11 is 0. The van der Waals surface area contributed by atoms with Crippen LogP contribution < -0.4 is 0 Å². The average molecular weight is 294 g/mol. The molecule has 0 amide bonds. The van der Waals surface area contributed by atoms with Gasteiger partial charge >= 0.3 is 12.1 Å². The van der Waals surface area contributed by atoms with Crippen molar-refractivity contribution in [1.29, 1.82) is 0 Å². The van der Waals surface area contributed by atoms with E-state index < -0.39 is 12.1 Å². The number of alkyl halides is 3. The molecule has 0 aromatic carbocycles. The second-order valence-electron chi connectivity index (χ2n) is 2.12. The molecule has 1 heterocycles. The van der Waals surface area contributed by atoms with Crippen LogP contribution in [0.1, 0.15) is 12.8 Å². The molecule has 1 saturated heterocycles. The first-order chi connectivity index (χ1) is 5.44. The number of hydrogen-bond acceptors (Lipinski definition) is 2. The fourth-order valence-corrected chi connectivity index (χ4v) is 0.510. The predicted molar refractivity (Wildman–Crippen MR) is 33.7 cm³/mol. The number of ether oxygens (including phenoxy) is 1. The van der Waals surface area contributed by atoms with Gasteiger partial charge < -0.3 is 9.84 Å². The minimum atomic E-state index is -5.08. The number of halogens is 3. The Morgan fingerprint density at radius 1 is 1.23 bits per heavy atom. The van der Waals surface area contributed by atoms with E-state index >= 15 is 0 Å². The van der Waals surface area contributed by atoms with E-state index in [2.05, 4.69) is 0 Å². The zero-order valence-corrected chi connectivity index (χ0v) is 8.01. The van der Waals surface area contributed by atoms with Crippen molar-refractivity contribution >= 4 is 5.97 Å². The predicted octanol–water partition coefficient (Wildman–Crippen LogP) is 1.43. The molecule has 0 saturated carbocycles. The van der Waals surface area contributed by atoms with Crippen molar-refractivity contribution in [2.24, 2.45) is 0 Å². The summed E-state index contributed by atoms with van der Waals surface area (Å²) in [7, 11) is 0. The topological polar surface area (TPSA) is 46.5 Å². The first kappa shape index (κ1) is 15.4. The number of aliphatic carboxylic acids is 1. The summed E-state index contributed by atoms with van der Waals surface area (Å²) in [5, 5.41) is 7.12. The normalized spacial score (nSPS) is 15.3. The van der Waals surface area contributed by atoms with Crippen LogP contribution in [-0.4, -0.2) is 30.5 Å². The number of rotatable bonds is 0. The van der Waals surface area contributed by atoms with Crippen LogP contribution in [0.15, 0.2) is 0 Å². The molecule has 7 heteroatoms. The number of carboxylic acids is 1. The van der Waals surface area contributed by atoms with Gasteiger partial charge in [0.15, 0.2) is 0 Å². The maximum Gasteiger partial charge on any atom is 0.490 e. The monoisotopic (exact) mass is 293 g/mol. The molecule has 1 N–H and O–H groups in total. The van der Waals surface area contributed by atoms with Gasteiger partial charge in [-0.3, -0.25) is 0 Å². The summed E-state index contributed by atoms with van der Waals surface area (Å²) in [4.78, 5) is 8.90. The van der Waals surface area contributed by atoms with Crippen LogP contribution in [0.2, 0.25) is 0 Å². The molecule has 83 valence electrons. The first-order valence-electron chi connectivity index (χ1n) is 3.32. The minimum Gasteiger partial charge on any atom is -0.475 e. The molecular formula is C6H9AgF3O3. The van der Waals surface area contributed by atoms with Crippen molar-refractivity contribution < 1.29 is 50.2 Å². The molecule has 13 heavy (non-hydrogen) atoms. The summed E-state index contributed by atoms with van der Waals surface area (Å²) in [6, 6.07) is 0. The molecule has 1 aliphatic rings. The van der Waals surface area contributed by atoms with Crippen molar-refractivity contribution in [2.75, 3.05) is 13.2 Å². The second-order valence-corrected chi connectivity index (χ2v) is 2.12. The number of carbonyl (C=O) groups is 1. The SMILES string of the molecule is C1CCOC1.O=C(O)C(F)(F)F.[Ag]. The third-order valence-electron chi connectivity index (χ3n) is 1.07. The van der Waals surface area contributed by atoms with Gasteiger partial charge in [0.05, 0.1) is 0 Å². The van der Waals surface area contributed by atoms with E-state index in [1.807, 2.05) is 0 Å². The van der Waals surface area contributed by atoms with Gasteiger partial charge in [-0.1, -0.05) is 0 Å². The van der Waals surface area contributed by atoms with E-state index in [1.165, 1.54) is 12.8 Å². The Labute approximate surface area is 88.8 Å². The van der Waals surface area contributed by atoms with E-state index in [4.69, 9.17) is 14.6 Å². The van der Waals surface area contributed by atoms with Gasteiger partial charge in [0.2, 0.25) is 0 Å². The number of hydrogen-bond donors (Lipinski definition) is 1. The van der Waals surface area contributed by atoms with Crippen molar-refractivity contribution in [3.8, 4) is 0 Å². The summed E-state index contributed by atoms with van der Waals surface area (Å²) in [6.45, 7) is 2.00. The first-order valence-corrected chi connectivity index (χ1v) is 3.32. The Morgan fingerprint density at radius 3 is 1.62 bits per heavy atom. The smallest absolute Gasteiger partial charge is 0.475 e. The Hall–Kier alpha value is -0.0397. The number of carboxylic acid groups (broad SMARTS) is 1. The average Bonchev–Trinajstić information content (AvgIpc) is 2.39. The summed E-state index contributed by atoms with van der Waals surface area (Å²) in [6.07, 6.45) is -2.53. The Balaban J connectivity index is 0. The molecule has 0 unspecified atom stereocenters. The molecule has 0 aromatic rings. The molecule has 3 nitrogen and oxygen atoms in total.